The van der Waals surface area contributed by atoms with E-state index in [2.05, 4.69) is 10.3 Å². The van der Waals surface area contributed by atoms with Gasteiger partial charge in [-0.1, -0.05) is 12.1 Å². The first-order valence-corrected chi connectivity index (χ1v) is 7.79. The zero-order valence-electron chi connectivity index (χ0n) is 13.4. The van der Waals surface area contributed by atoms with Crippen LogP contribution in [0.25, 0.3) is 0 Å². The van der Waals surface area contributed by atoms with Crippen molar-refractivity contribution in [2.75, 3.05) is 18.6 Å². The largest absolute Gasteiger partial charge is 0.497 e. The highest BCUT2D eigenvalue weighted by atomic mass is 16.5. The zero-order valence-corrected chi connectivity index (χ0v) is 13.4. The number of hydrogen-bond donors (Lipinski definition) is 1. The van der Waals surface area contributed by atoms with Gasteiger partial charge in [0, 0.05) is 30.9 Å². The molecule has 6 heteroatoms. The van der Waals surface area contributed by atoms with E-state index in [4.69, 9.17) is 4.74 Å². The molecule has 0 saturated carbocycles. The molecule has 2 heterocycles. The lowest BCUT2D eigenvalue weighted by molar-refractivity contribution is -0.126. The van der Waals surface area contributed by atoms with Crippen LogP contribution in [0, 0.1) is 5.92 Å². The zero-order chi connectivity index (χ0) is 16.9. The fourth-order valence-electron chi connectivity index (χ4n) is 2.74. The summed E-state index contributed by atoms with van der Waals surface area (Å²) in [6, 6.07) is 12.8. The van der Waals surface area contributed by atoms with E-state index in [0.29, 0.717) is 18.8 Å². The number of rotatable bonds is 5. The van der Waals surface area contributed by atoms with Crippen LogP contribution in [-0.2, 0) is 16.1 Å². The smallest absolute Gasteiger partial charge is 0.227 e. The van der Waals surface area contributed by atoms with Gasteiger partial charge in [-0.05, 0) is 24.3 Å². The van der Waals surface area contributed by atoms with Crippen LogP contribution in [0.4, 0.5) is 5.69 Å². The van der Waals surface area contributed by atoms with Crippen molar-refractivity contribution in [1.82, 2.24) is 10.3 Å². The van der Waals surface area contributed by atoms with Gasteiger partial charge in [-0.2, -0.15) is 0 Å². The van der Waals surface area contributed by atoms with Crippen LogP contribution in [0.2, 0.25) is 0 Å². The molecule has 2 amide bonds. The number of ether oxygens (including phenoxy) is 1. The minimum Gasteiger partial charge on any atom is -0.497 e. The molecule has 0 radical (unpaired) electrons. The number of aromatic nitrogens is 1. The van der Waals surface area contributed by atoms with E-state index in [1.807, 2.05) is 36.4 Å². The Morgan fingerprint density at radius 2 is 2.21 bits per heavy atom. The number of nitrogens with zero attached hydrogens (tertiary/aromatic N) is 2. The van der Waals surface area contributed by atoms with Crippen LogP contribution in [0.3, 0.4) is 0 Å². The number of pyridine rings is 1. The first kappa shape index (κ1) is 16.0. The van der Waals surface area contributed by atoms with Crippen molar-refractivity contribution in [3.8, 4) is 5.75 Å². The minimum absolute atomic E-state index is 0.0544. The summed E-state index contributed by atoms with van der Waals surface area (Å²) < 4.78 is 5.19. The number of carbonyl (C=O) groups excluding carboxylic acids is 2. The fraction of sp³-hybridized carbons (Fsp3) is 0.278. The second-order valence-corrected chi connectivity index (χ2v) is 5.65. The summed E-state index contributed by atoms with van der Waals surface area (Å²) in [4.78, 5) is 30.4. The van der Waals surface area contributed by atoms with Gasteiger partial charge in [-0.25, -0.2) is 0 Å². The van der Waals surface area contributed by atoms with Crippen molar-refractivity contribution in [3.05, 3.63) is 54.4 Å². The number of hydrogen-bond acceptors (Lipinski definition) is 4. The van der Waals surface area contributed by atoms with Crippen LogP contribution in [0.1, 0.15) is 12.1 Å². The van der Waals surface area contributed by atoms with E-state index >= 15 is 0 Å². The van der Waals surface area contributed by atoms with Crippen LogP contribution >= 0.6 is 0 Å². The summed E-state index contributed by atoms with van der Waals surface area (Å²) in [5.74, 6) is 0.149. The lowest BCUT2D eigenvalue weighted by atomic mass is 10.1. The van der Waals surface area contributed by atoms with Gasteiger partial charge in [0.1, 0.15) is 5.75 Å². The van der Waals surface area contributed by atoms with E-state index in [9.17, 15) is 9.59 Å². The highest BCUT2D eigenvalue weighted by Crippen LogP contribution is 2.27. The maximum absolute atomic E-state index is 12.3. The molecule has 1 aliphatic heterocycles. The molecule has 1 aromatic heterocycles. The summed E-state index contributed by atoms with van der Waals surface area (Å²) >= 11 is 0. The molecule has 2 aromatic rings. The summed E-state index contributed by atoms with van der Waals surface area (Å²) in [6.45, 7) is 0.740. The summed E-state index contributed by atoms with van der Waals surface area (Å²) in [7, 11) is 1.58. The van der Waals surface area contributed by atoms with Gasteiger partial charge < -0.3 is 15.0 Å². The Balaban J connectivity index is 1.62. The minimum atomic E-state index is -0.354. The average Bonchev–Trinajstić information content (AvgIpc) is 3.02. The van der Waals surface area contributed by atoms with Crippen molar-refractivity contribution in [2.45, 2.75) is 13.0 Å². The molecule has 0 aliphatic carbocycles. The van der Waals surface area contributed by atoms with Gasteiger partial charge in [-0.15, -0.1) is 0 Å². The molecule has 0 spiro atoms. The fourth-order valence-corrected chi connectivity index (χ4v) is 2.74. The number of amides is 2. The molecule has 1 aliphatic rings. The molecule has 124 valence electrons. The topological polar surface area (TPSA) is 71.5 Å². The highest BCUT2D eigenvalue weighted by Gasteiger charge is 2.35. The Morgan fingerprint density at radius 1 is 1.33 bits per heavy atom. The van der Waals surface area contributed by atoms with Crippen LogP contribution in [0.5, 0.6) is 5.75 Å². The van der Waals surface area contributed by atoms with Crippen LogP contribution in [0.15, 0.2) is 48.7 Å². The number of carbonyl (C=O) groups is 2. The maximum atomic E-state index is 12.3. The maximum Gasteiger partial charge on any atom is 0.227 e. The van der Waals surface area contributed by atoms with Crippen molar-refractivity contribution in [1.29, 1.82) is 0 Å². The first-order chi connectivity index (χ1) is 11.7. The Labute approximate surface area is 140 Å². The normalized spacial score (nSPS) is 17.0. The molecular weight excluding hydrogens is 306 g/mol. The van der Waals surface area contributed by atoms with Crippen LogP contribution < -0.4 is 15.0 Å². The summed E-state index contributed by atoms with van der Waals surface area (Å²) in [6.07, 6.45) is 1.90. The van der Waals surface area contributed by atoms with Crippen molar-refractivity contribution < 1.29 is 14.3 Å². The van der Waals surface area contributed by atoms with Crippen molar-refractivity contribution in [3.63, 3.8) is 0 Å². The Bertz CT molecular complexity index is 733. The van der Waals surface area contributed by atoms with Gasteiger partial charge in [0.15, 0.2) is 0 Å². The molecule has 6 nitrogen and oxygen atoms in total. The van der Waals surface area contributed by atoms with Crippen LogP contribution in [-0.4, -0.2) is 30.5 Å². The molecule has 3 rings (SSSR count). The third kappa shape index (κ3) is 3.53. The predicted octanol–water partition coefficient (Wildman–Crippen LogP) is 1.76. The van der Waals surface area contributed by atoms with E-state index in [1.54, 1.807) is 24.3 Å². The molecule has 1 aromatic carbocycles. The molecule has 1 N–H and O–H groups in total. The Morgan fingerprint density at radius 3 is 2.96 bits per heavy atom. The van der Waals surface area contributed by atoms with E-state index in [-0.39, 0.29) is 24.2 Å². The molecule has 0 unspecified atom stereocenters. The summed E-state index contributed by atoms with van der Waals surface area (Å²) in [5.41, 5.74) is 1.54. The van der Waals surface area contributed by atoms with E-state index in [1.165, 1.54) is 0 Å². The van der Waals surface area contributed by atoms with E-state index < -0.39 is 0 Å². The van der Waals surface area contributed by atoms with Gasteiger partial charge >= 0.3 is 0 Å². The second-order valence-electron chi connectivity index (χ2n) is 5.65. The van der Waals surface area contributed by atoms with Crippen molar-refractivity contribution >= 4 is 17.5 Å². The number of nitrogens with one attached hydrogen (secondary N) is 1. The molecule has 1 atom stereocenters. The lowest BCUT2D eigenvalue weighted by Gasteiger charge is -2.17. The predicted molar refractivity (Wildman–Crippen MR) is 89.5 cm³/mol. The Kier molecular flexibility index (Phi) is 4.74. The molecule has 1 saturated heterocycles. The van der Waals surface area contributed by atoms with E-state index in [0.717, 1.165) is 11.4 Å². The quantitative estimate of drug-likeness (QED) is 0.909. The molecule has 24 heavy (non-hydrogen) atoms. The highest BCUT2D eigenvalue weighted by molar-refractivity contribution is 6.00. The number of methoxy groups -OCH3 is 1. The average molecular weight is 325 g/mol. The third-order valence-electron chi connectivity index (χ3n) is 4.03. The van der Waals surface area contributed by atoms with Gasteiger partial charge in [0.25, 0.3) is 0 Å². The summed E-state index contributed by atoms with van der Waals surface area (Å²) in [5, 5.41) is 2.85. The third-order valence-corrected chi connectivity index (χ3v) is 4.03. The van der Waals surface area contributed by atoms with Gasteiger partial charge in [0.2, 0.25) is 11.8 Å². The molecular formula is C18H19N3O3. The molecule has 0 bridgehead atoms. The number of benzene rings is 1. The first-order valence-electron chi connectivity index (χ1n) is 7.79. The lowest BCUT2D eigenvalue weighted by Crippen LogP contribution is -2.32. The standard InChI is InChI=1S/C18H19N3O3/c1-24-16-7-4-6-15(10-16)21-12-13(9-17(21)22)18(23)20-11-14-5-2-3-8-19-14/h2-8,10,13H,9,11-12H2,1H3,(H,20,23)/t13-/m1/s1. The molecule has 1 fully saturated rings. The number of anilines is 1. The second kappa shape index (κ2) is 7.12. The Hall–Kier alpha value is -2.89. The van der Waals surface area contributed by atoms with Gasteiger partial charge in [-0.3, -0.25) is 14.6 Å². The monoisotopic (exact) mass is 325 g/mol. The SMILES string of the molecule is COc1cccc(N2C[C@H](C(=O)NCc3ccccn3)CC2=O)c1. The van der Waals surface area contributed by atoms with Gasteiger partial charge in [0.05, 0.1) is 25.3 Å². The van der Waals surface area contributed by atoms with Crippen molar-refractivity contribution in [2.24, 2.45) is 5.92 Å².